The molecule has 4 heterocycles. The van der Waals surface area contributed by atoms with Crippen LogP contribution in [0.3, 0.4) is 0 Å². The van der Waals surface area contributed by atoms with Gasteiger partial charge in [0.05, 0.1) is 12.2 Å². The number of allylic oxidation sites excluding steroid dienone is 2. The van der Waals surface area contributed by atoms with E-state index in [-0.39, 0.29) is 28.3 Å². The summed E-state index contributed by atoms with van der Waals surface area (Å²) in [6.45, 7) is 11.3. The van der Waals surface area contributed by atoms with Crippen LogP contribution in [0.4, 0.5) is 0 Å². The fourth-order valence-electron chi connectivity index (χ4n) is 8.06. The fraction of sp³-hybridized carbons (Fsp3) is 0.500. The number of hydrogen-bond acceptors (Lipinski definition) is 6. The Morgan fingerprint density at radius 2 is 2.08 bits per heavy atom. The third kappa shape index (κ3) is 3.06. The molecule has 0 amide bonds. The summed E-state index contributed by atoms with van der Waals surface area (Å²) in [6.07, 6.45) is 10.2. The van der Waals surface area contributed by atoms with E-state index in [1.54, 1.807) is 12.4 Å². The van der Waals surface area contributed by atoms with E-state index in [9.17, 15) is 9.59 Å². The standard InChI is InChI=1S/C30H33NO5/c1-18(2)22-9-11-28(4)25(29(22)12-10-26(32)34-17-29)8-7-19(3)30(28)15-21-24(36-30)14-23(35-27(21)33)20-6-5-13-31-16-20/h5-7,13-14,16,22,25H,1,8-12,15,17H2,2-4H3/t22-,25-,28+,29-,30-/m0/s1. The SMILES string of the molecule is C=C(C)[C@@H]1CC[C@]2(C)[C@H](CC=C(C)[C@@]23Cc2c(cc(-c4cccnc4)oc2=O)O3)[C@]12CCC(=O)OC2. The smallest absolute Gasteiger partial charge is 0.343 e. The van der Waals surface area contributed by atoms with Crippen molar-refractivity contribution in [2.45, 2.75) is 64.9 Å². The lowest BCUT2D eigenvalue weighted by Gasteiger charge is -2.64. The molecule has 1 saturated carbocycles. The minimum absolute atomic E-state index is 0.115. The molecule has 0 unspecified atom stereocenters. The van der Waals surface area contributed by atoms with Gasteiger partial charge >= 0.3 is 11.6 Å². The lowest BCUT2D eigenvalue weighted by atomic mass is 9.42. The van der Waals surface area contributed by atoms with Crippen LogP contribution in [-0.2, 0) is 16.0 Å². The number of pyridine rings is 1. The molecule has 2 aliphatic heterocycles. The average Bonchev–Trinajstić information content (AvgIpc) is 3.27. The van der Waals surface area contributed by atoms with Crippen molar-refractivity contribution in [2.75, 3.05) is 6.61 Å². The van der Waals surface area contributed by atoms with Crippen LogP contribution in [0, 0.1) is 22.7 Å². The topological polar surface area (TPSA) is 78.6 Å². The van der Waals surface area contributed by atoms with Gasteiger partial charge < -0.3 is 13.9 Å². The Morgan fingerprint density at radius 3 is 2.78 bits per heavy atom. The van der Waals surface area contributed by atoms with Gasteiger partial charge in [0.25, 0.3) is 0 Å². The van der Waals surface area contributed by atoms with Gasteiger partial charge in [0.15, 0.2) is 0 Å². The van der Waals surface area contributed by atoms with Crippen molar-refractivity contribution in [1.29, 1.82) is 0 Å². The molecule has 5 atom stereocenters. The number of esters is 1. The number of hydrogen-bond donors (Lipinski definition) is 0. The van der Waals surface area contributed by atoms with E-state index in [1.807, 2.05) is 18.2 Å². The van der Waals surface area contributed by atoms with Gasteiger partial charge in [0.2, 0.25) is 0 Å². The van der Waals surface area contributed by atoms with E-state index in [0.717, 1.165) is 42.4 Å². The quantitative estimate of drug-likeness (QED) is 0.402. The van der Waals surface area contributed by atoms with Crippen molar-refractivity contribution in [3.63, 3.8) is 0 Å². The predicted octanol–water partition coefficient (Wildman–Crippen LogP) is 5.66. The molecule has 2 aromatic heterocycles. The van der Waals surface area contributed by atoms with Crippen LogP contribution in [-0.4, -0.2) is 23.2 Å². The van der Waals surface area contributed by atoms with Gasteiger partial charge in [-0.1, -0.05) is 25.2 Å². The highest BCUT2D eigenvalue weighted by Gasteiger charge is 2.68. The summed E-state index contributed by atoms with van der Waals surface area (Å²) in [6, 6.07) is 5.54. The lowest BCUT2D eigenvalue weighted by molar-refractivity contribution is -0.192. The van der Waals surface area contributed by atoms with Crippen LogP contribution in [0.1, 0.15) is 58.4 Å². The van der Waals surface area contributed by atoms with Gasteiger partial charge in [-0.25, -0.2) is 4.79 Å². The fourth-order valence-corrected chi connectivity index (χ4v) is 8.06. The number of carbonyl (C=O) groups excluding carboxylic acids is 1. The van der Waals surface area contributed by atoms with Crippen LogP contribution in [0.25, 0.3) is 11.3 Å². The number of carbonyl (C=O) groups is 1. The van der Waals surface area contributed by atoms with Crippen molar-refractivity contribution in [3.8, 4) is 17.1 Å². The first-order valence-corrected chi connectivity index (χ1v) is 12.9. The van der Waals surface area contributed by atoms with Crippen molar-refractivity contribution < 1.29 is 18.7 Å². The highest BCUT2D eigenvalue weighted by molar-refractivity contribution is 5.70. The summed E-state index contributed by atoms with van der Waals surface area (Å²) >= 11 is 0. The molecule has 1 saturated heterocycles. The van der Waals surface area contributed by atoms with E-state index < -0.39 is 5.60 Å². The molecule has 0 radical (unpaired) electrons. The molecule has 6 nitrogen and oxygen atoms in total. The largest absolute Gasteiger partial charge is 0.481 e. The Bertz CT molecular complexity index is 1330. The molecule has 6 heteroatoms. The molecule has 0 N–H and O–H groups in total. The Labute approximate surface area is 211 Å². The molecular weight excluding hydrogens is 454 g/mol. The average molecular weight is 488 g/mol. The van der Waals surface area contributed by atoms with Gasteiger partial charge in [0.1, 0.15) is 17.1 Å². The minimum Gasteiger partial charge on any atom is -0.481 e. The molecule has 36 heavy (non-hydrogen) atoms. The predicted molar refractivity (Wildman–Crippen MR) is 135 cm³/mol. The first-order chi connectivity index (χ1) is 17.2. The van der Waals surface area contributed by atoms with Gasteiger partial charge in [-0.15, -0.1) is 0 Å². The first kappa shape index (κ1) is 23.3. The van der Waals surface area contributed by atoms with Crippen LogP contribution in [0.5, 0.6) is 5.75 Å². The van der Waals surface area contributed by atoms with Gasteiger partial charge in [-0.3, -0.25) is 9.78 Å². The van der Waals surface area contributed by atoms with Crippen LogP contribution in [0.15, 0.2) is 63.6 Å². The minimum atomic E-state index is -0.644. The molecular formula is C30H33NO5. The van der Waals surface area contributed by atoms with Crippen molar-refractivity contribution in [3.05, 3.63) is 70.4 Å². The van der Waals surface area contributed by atoms with Crippen LogP contribution in [0.2, 0.25) is 0 Å². The third-order valence-corrected chi connectivity index (χ3v) is 9.88. The molecule has 2 spiro atoms. The zero-order valence-corrected chi connectivity index (χ0v) is 21.3. The summed E-state index contributed by atoms with van der Waals surface area (Å²) in [5, 5.41) is 0. The Hall–Kier alpha value is -3.15. The van der Waals surface area contributed by atoms with Gasteiger partial charge in [0, 0.05) is 47.7 Å². The number of ether oxygens (including phenoxy) is 2. The lowest BCUT2D eigenvalue weighted by Crippen LogP contribution is -2.65. The summed E-state index contributed by atoms with van der Waals surface area (Å²) < 4.78 is 18.4. The van der Waals surface area contributed by atoms with Gasteiger partial charge in [-0.2, -0.15) is 0 Å². The van der Waals surface area contributed by atoms with E-state index in [4.69, 9.17) is 13.9 Å². The zero-order chi connectivity index (χ0) is 25.3. The summed E-state index contributed by atoms with van der Waals surface area (Å²) in [5.41, 5.74) is 2.25. The third-order valence-electron chi connectivity index (χ3n) is 9.88. The molecule has 2 fully saturated rings. The molecule has 0 bridgehead atoms. The maximum atomic E-state index is 13.2. The number of aromatic nitrogens is 1. The molecule has 4 aliphatic rings. The Morgan fingerprint density at radius 1 is 1.25 bits per heavy atom. The van der Waals surface area contributed by atoms with E-state index in [2.05, 4.69) is 38.4 Å². The molecule has 188 valence electrons. The van der Waals surface area contributed by atoms with Crippen molar-refractivity contribution in [1.82, 2.24) is 4.98 Å². The number of cyclic esters (lactones) is 1. The highest BCUT2D eigenvalue weighted by atomic mass is 16.5. The van der Waals surface area contributed by atoms with Crippen LogP contribution >= 0.6 is 0 Å². The summed E-state index contributed by atoms with van der Waals surface area (Å²) in [5.74, 6) is 1.47. The van der Waals surface area contributed by atoms with E-state index >= 15 is 0 Å². The van der Waals surface area contributed by atoms with Crippen molar-refractivity contribution >= 4 is 5.97 Å². The monoisotopic (exact) mass is 487 g/mol. The molecule has 2 aromatic rings. The normalized spacial score (nSPS) is 35.0. The highest BCUT2D eigenvalue weighted by Crippen LogP contribution is 2.68. The summed E-state index contributed by atoms with van der Waals surface area (Å²) in [4.78, 5) is 29.5. The molecule has 2 aliphatic carbocycles. The van der Waals surface area contributed by atoms with Gasteiger partial charge in [-0.05, 0) is 69.1 Å². The molecule has 0 aromatic carbocycles. The second-order valence-corrected chi connectivity index (χ2v) is 11.5. The number of nitrogens with zero attached hydrogens (tertiary/aromatic N) is 1. The molecule has 6 rings (SSSR count). The maximum Gasteiger partial charge on any atom is 0.343 e. The maximum absolute atomic E-state index is 13.2. The number of fused-ring (bicyclic) bond motifs is 4. The number of rotatable bonds is 2. The summed E-state index contributed by atoms with van der Waals surface area (Å²) in [7, 11) is 0. The van der Waals surface area contributed by atoms with Crippen LogP contribution < -0.4 is 10.4 Å². The second-order valence-electron chi connectivity index (χ2n) is 11.5. The van der Waals surface area contributed by atoms with Crippen molar-refractivity contribution in [2.24, 2.45) is 22.7 Å². The second kappa shape index (κ2) is 7.92. The Balaban J connectivity index is 1.45. The first-order valence-electron chi connectivity index (χ1n) is 12.9. The Kier molecular flexibility index (Phi) is 5.12. The van der Waals surface area contributed by atoms with E-state index in [0.29, 0.717) is 42.4 Å². The van der Waals surface area contributed by atoms with E-state index in [1.165, 1.54) is 0 Å². The zero-order valence-electron chi connectivity index (χ0n) is 21.3.